The van der Waals surface area contributed by atoms with Gasteiger partial charge in [0.2, 0.25) is 0 Å². The smallest absolute Gasteiger partial charge is 0.161 e. The Morgan fingerprint density at radius 1 is 0.444 bits per heavy atom. The molecule has 0 saturated heterocycles. The molecule has 10 aromatic rings. The zero-order valence-electron chi connectivity index (χ0n) is 29.0. The van der Waals surface area contributed by atoms with E-state index >= 15 is 0 Å². The van der Waals surface area contributed by atoms with E-state index in [0.29, 0.717) is 5.82 Å². The second kappa shape index (κ2) is 12.4. The first-order valence-electron chi connectivity index (χ1n) is 18.2. The van der Waals surface area contributed by atoms with Crippen molar-refractivity contribution < 1.29 is 4.74 Å². The first-order chi connectivity index (χ1) is 26.8. The number of thiophene rings is 1. The van der Waals surface area contributed by atoms with Crippen molar-refractivity contribution in [1.82, 2.24) is 9.97 Å². The average Bonchev–Trinajstić information content (AvgIpc) is 3.62. The van der Waals surface area contributed by atoms with Crippen molar-refractivity contribution in [2.75, 3.05) is 0 Å². The van der Waals surface area contributed by atoms with Gasteiger partial charge in [-0.15, -0.1) is 11.3 Å². The minimum Gasteiger partial charge on any atom is -0.455 e. The number of aromatic nitrogens is 2. The van der Waals surface area contributed by atoms with Crippen molar-refractivity contribution in [3.63, 3.8) is 0 Å². The molecule has 0 spiro atoms. The molecule has 54 heavy (non-hydrogen) atoms. The molecular formula is C50H30N2OS. The van der Waals surface area contributed by atoms with E-state index in [1.165, 1.54) is 15.6 Å². The van der Waals surface area contributed by atoms with E-state index in [1.807, 2.05) is 0 Å². The van der Waals surface area contributed by atoms with Crippen LogP contribution in [0.15, 0.2) is 182 Å². The van der Waals surface area contributed by atoms with E-state index < -0.39 is 0 Å². The molecule has 252 valence electrons. The van der Waals surface area contributed by atoms with Gasteiger partial charge in [0, 0.05) is 43.3 Å². The third-order valence-electron chi connectivity index (χ3n) is 10.5. The second-order valence-electron chi connectivity index (χ2n) is 13.7. The Labute approximate surface area is 316 Å². The zero-order valence-corrected chi connectivity index (χ0v) is 29.8. The van der Waals surface area contributed by atoms with E-state index in [1.54, 1.807) is 11.3 Å². The molecule has 0 saturated carbocycles. The molecule has 2 aromatic heterocycles. The van der Waals surface area contributed by atoms with Gasteiger partial charge in [-0.1, -0.05) is 158 Å². The summed E-state index contributed by atoms with van der Waals surface area (Å²) in [5.74, 6) is 2.40. The molecule has 0 bridgehead atoms. The summed E-state index contributed by atoms with van der Waals surface area (Å²) in [5, 5.41) is 3.45. The largest absolute Gasteiger partial charge is 0.455 e. The predicted molar refractivity (Wildman–Crippen MR) is 225 cm³/mol. The molecule has 1 aliphatic rings. The number of nitrogens with zero attached hydrogens (tertiary/aromatic N) is 2. The van der Waals surface area contributed by atoms with Gasteiger partial charge in [0.1, 0.15) is 11.5 Å². The Bertz CT molecular complexity index is 3060. The summed E-state index contributed by atoms with van der Waals surface area (Å²) in [6, 6.07) is 64.2. The molecule has 11 rings (SSSR count). The lowest BCUT2D eigenvalue weighted by Crippen LogP contribution is -2.01. The van der Waals surface area contributed by atoms with Crippen LogP contribution in [0.2, 0.25) is 0 Å². The Morgan fingerprint density at radius 3 is 1.83 bits per heavy atom. The van der Waals surface area contributed by atoms with Crippen LogP contribution in [0.3, 0.4) is 0 Å². The number of hydrogen-bond donors (Lipinski definition) is 0. The van der Waals surface area contributed by atoms with Gasteiger partial charge in [-0.2, -0.15) is 0 Å². The van der Waals surface area contributed by atoms with E-state index in [0.717, 1.165) is 88.3 Å². The predicted octanol–water partition coefficient (Wildman–Crippen LogP) is 14.1. The highest BCUT2D eigenvalue weighted by Gasteiger charge is 2.27. The summed E-state index contributed by atoms with van der Waals surface area (Å²) in [7, 11) is 0. The van der Waals surface area contributed by atoms with Crippen molar-refractivity contribution in [2.45, 2.75) is 0 Å². The molecule has 0 fully saturated rings. The third kappa shape index (κ3) is 4.88. The standard InChI is InChI=1S/C50H30N2OS/c1-4-15-31(16-5-1)35-29-40(38-26-14-25-37-36-24-12-21-33-22-13-27-42(45(33)36)53-48(37)38)44(32-17-6-2-7-18-32)41(30-35)50-51-46(34-19-8-3-9-20-34)49-47(52-50)39-23-10-11-28-43(39)54-49/h1-30H. The van der Waals surface area contributed by atoms with Crippen LogP contribution in [0.1, 0.15) is 0 Å². The summed E-state index contributed by atoms with van der Waals surface area (Å²) in [4.78, 5) is 11.0. The fraction of sp³-hybridized carbons (Fsp3) is 0. The van der Waals surface area contributed by atoms with E-state index in [9.17, 15) is 0 Å². The van der Waals surface area contributed by atoms with Crippen molar-refractivity contribution in [3.05, 3.63) is 182 Å². The van der Waals surface area contributed by atoms with Crippen LogP contribution >= 0.6 is 11.3 Å². The molecule has 0 aliphatic carbocycles. The fourth-order valence-electron chi connectivity index (χ4n) is 8.04. The van der Waals surface area contributed by atoms with Gasteiger partial charge >= 0.3 is 0 Å². The minimum atomic E-state index is 0.684. The number of fused-ring (bicyclic) bond motifs is 5. The van der Waals surface area contributed by atoms with Crippen molar-refractivity contribution in [1.29, 1.82) is 0 Å². The molecule has 0 N–H and O–H groups in total. The summed E-state index contributed by atoms with van der Waals surface area (Å²) < 4.78 is 9.24. The maximum atomic E-state index is 6.96. The topological polar surface area (TPSA) is 35.0 Å². The first-order valence-corrected chi connectivity index (χ1v) is 19.0. The maximum Gasteiger partial charge on any atom is 0.161 e. The summed E-state index contributed by atoms with van der Waals surface area (Å²) in [6.45, 7) is 0. The van der Waals surface area contributed by atoms with Crippen molar-refractivity contribution >= 4 is 42.4 Å². The van der Waals surface area contributed by atoms with Crippen LogP contribution in [-0.2, 0) is 0 Å². The Balaban J connectivity index is 1.27. The van der Waals surface area contributed by atoms with E-state index in [2.05, 4.69) is 182 Å². The Morgan fingerprint density at radius 2 is 1.06 bits per heavy atom. The molecular weight excluding hydrogens is 677 g/mol. The van der Waals surface area contributed by atoms with Gasteiger partial charge in [0.25, 0.3) is 0 Å². The van der Waals surface area contributed by atoms with Crippen LogP contribution in [0, 0.1) is 0 Å². The van der Waals surface area contributed by atoms with Gasteiger partial charge in [-0.25, -0.2) is 9.97 Å². The number of rotatable bonds is 5. The summed E-state index contributed by atoms with van der Waals surface area (Å²) in [6.07, 6.45) is 0. The van der Waals surface area contributed by atoms with Gasteiger partial charge in [-0.05, 0) is 57.5 Å². The van der Waals surface area contributed by atoms with Crippen LogP contribution in [0.4, 0.5) is 0 Å². The second-order valence-corrected chi connectivity index (χ2v) is 14.7. The lowest BCUT2D eigenvalue weighted by atomic mass is 9.84. The molecule has 0 amide bonds. The minimum absolute atomic E-state index is 0.684. The Hall–Kier alpha value is -6.88. The highest BCUT2D eigenvalue weighted by Crippen LogP contribution is 2.53. The molecule has 1 aliphatic heterocycles. The lowest BCUT2D eigenvalue weighted by molar-refractivity contribution is 0.489. The van der Waals surface area contributed by atoms with Crippen LogP contribution < -0.4 is 4.74 Å². The number of benzene rings is 8. The number of hydrogen-bond acceptors (Lipinski definition) is 4. The van der Waals surface area contributed by atoms with Gasteiger partial charge < -0.3 is 4.74 Å². The van der Waals surface area contributed by atoms with E-state index in [-0.39, 0.29) is 0 Å². The zero-order chi connectivity index (χ0) is 35.6. The van der Waals surface area contributed by atoms with Gasteiger partial charge in [-0.3, -0.25) is 0 Å². The molecule has 0 atom stereocenters. The fourth-order valence-corrected chi connectivity index (χ4v) is 9.20. The molecule has 3 heterocycles. The SMILES string of the molecule is c1ccc(-c2cc(-c3nc(-c4ccccc4)c4sc5ccccc5c4n3)c(-c3ccccc3)c(-c3cccc4c3Oc3cccc5cccc-4c35)c2)cc1. The number of para-hydroxylation sites is 1. The number of ether oxygens (including phenoxy) is 1. The maximum absolute atomic E-state index is 6.96. The quantitative estimate of drug-likeness (QED) is 0.179. The molecule has 0 radical (unpaired) electrons. The highest BCUT2D eigenvalue weighted by atomic mass is 32.1. The molecule has 3 nitrogen and oxygen atoms in total. The van der Waals surface area contributed by atoms with Crippen molar-refractivity contribution in [2.24, 2.45) is 0 Å². The highest BCUT2D eigenvalue weighted by molar-refractivity contribution is 7.26. The lowest BCUT2D eigenvalue weighted by Gasteiger charge is -2.25. The summed E-state index contributed by atoms with van der Waals surface area (Å²) >= 11 is 1.75. The summed E-state index contributed by atoms with van der Waals surface area (Å²) in [5.41, 5.74) is 12.6. The molecule has 8 aromatic carbocycles. The Kier molecular flexibility index (Phi) is 7.04. The van der Waals surface area contributed by atoms with Gasteiger partial charge in [0.15, 0.2) is 5.82 Å². The third-order valence-corrected chi connectivity index (χ3v) is 11.7. The molecule has 0 unspecified atom stereocenters. The van der Waals surface area contributed by atoms with Gasteiger partial charge in [0.05, 0.1) is 15.9 Å². The normalized spacial score (nSPS) is 11.9. The monoisotopic (exact) mass is 706 g/mol. The average molecular weight is 707 g/mol. The van der Waals surface area contributed by atoms with Crippen LogP contribution in [0.5, 0.6) is 11.5 Å². The van der Waals surface area contributed by atoms with E-state index in [4.69, 9.17) is 14.7 Å². The molecule has 4 heteroatoms. The van der Waals surface area contributed by atoms with Crippen LogP contribution in [-0.4, -0.2) is 9.97 Å². The van der Waals surface area contributed by atoms with Crippen LogP contribution in [0.25, 0.3) is 98.2 Å². The first kappa shape index (κ1) is 30.7. The van der Waals surface area contributed by atoms with Crippen molar-refractivity contribution in [3.8, 4) is 78.7 Å².